The van der Waals surface area contributed by atoms with Crippen molar-refractivity contribution in [1.82, 2.24) is 20.6 Å². The summed E-state index contributed by atoms with van der Waals surface area (Å²) in [7, 11) is 1.18. The Balaban J connectivity index is 1.83. The Morgan fingerprint density at radius 2 is 2.47 bits per heavy atom. The van der Waals surface area contributed by atoms with E-state index in [0.29, 0.717) is 13.0 Å². The number of hydrogen-bond donors (Lipinski definition) is 4. The van der Waals surface area contributed by atoms with Crippen molar-refractivity contribution in [3.8, 4) is 0 Å². The van der Waals surface area contributed by atoms with Gasteiger partial charge < -0.3 is 20.1 Å². The average Bonchev–Trinajstić information content (AvgIpc) is 2.90. The lowest BCUT2D eigenvalue weighted by molar-refractivity contribution is -0.150. The molecule has 0 bridgehead atoms. The van der Waals surface area contributed by atoms with Crippen LogP contribution in [0.5, 0.6) is 0 Å². The molecule has 2 heterocycles. The van der Waals surface area contributed by atoms with Crippen molar-refractivity contribution in [1.29, 1.82) is 0 Å². The maximum Gasteiger partial charge on any atom is 0.336 e. The predicted molar refractivity (Wildman–Crippen MR) is 64.0 cm³/mol. The van der Waals surface area contributed by atoms with E-state index in [0.717, 1.165) is 11.4 Å². The highest BCUT2D eigenvalue weighted by Crippen LogP contribution is 2.11. The molecular formula is C11H16N4O4. The van der Waals surface area contributed by atoms with Crippen molar-refractivity contribution in [2.24, 2.45) is 0 Å². The summed E-state index contributed by atoms with van der Waals surface area (Å²) in [5.74, 6) is -1.05. The van der Waals surface area contributed by atoms with E-state index in [4.69, 9.17) is 0 Å². The van der Waals surface area contributed by atoms with Gasteiger partial charge in [0.2, 0.25) is 5.91 Å². The van der Waals surface area contributed by atoms with E-state index < -0.39 is 18.1 Å². The number of amides is 1. The van der Waals surface area contributed by atoms with Gasteiger partial charge in [0.25, 0.3) is 0 Å². The second-order valence-corrected chi connectivity index (χ2v) is 4.25. The highest BCUT2D eigenvalue weighted by Gasteiger charge is 2.26. The number of aliphatic hydroxyl groups excluding tert-OH is 1. The van der Waals surface area contributed by atoms with E-state index >= 15 is 0 Å². The first-order valence-corrected chi connectivity index (χ1v) is 5.90. The maximum atomic E-state index is 11.9. The molecule has 0 saturated carbocycles. The first-order valence-electron chi connectivity index (χ1n) is 5.90. The van der Waals surface area contributed by atoms with Crippen LogP contribution in [0.3, 0.4) is 0 Å². The van der Waals surface area contributed by atoms with E-state index in [9.17, 15) is 14.7 Å². The Bertz CT molecular complexity index is 473. The first kappa shape index (κ1) is 13.5. The molecular weight excluding hydrogens is 252 g/mol. The molecule has 1 aliphatic heterocycles. The van der Waals surface area contributed by atoms with Crippen molar-refractivity contribution in [3.05, 3.63) is 17.7 Å². The number of esters is 1. The van der Waals surface area contributed by atoms with Crippen molar-refractivity contribution in [2.45, 2.75) is 25.1 Å². The highest BCUT2D eigenvalue weighted by molar-refractivity contribution is 5.83. The number of fused-ring (bicyclic) bond motifs is 1. The minimum atomic E-state index is -1.35. The summed E-state index contributed by atoms with van der Waals surface area (Å²) in [6, 6.07) is -0.416. The standard InChI is InChI=1S/C11H16N4O4/c1-19-11(18)9(16)4-13-10(17)7-2-6-8(3-12-7)15-5-14-6/h5,7,9,12,16H,2-4H2,1H3,(H,13,17)(H,14,15). The van der Waals surface area contributed by atoms with Gasteiger partial charge in [-0.1, -0.05) is 0 Å². The van der Waals surface area contributed by atoms with E-state index in [1.807, 2.05) is 0 Å². The second-order valence-electron chi connectivity index (χ2n) is 4.25. The summed E-state index contributed by atoms with van der Waals surface area (Å²) in [6.45, 7) is 0.365. The minimum Gasteiger partial charge on any atom is -0.467 e. The predicted octanol–water partition coefficient (Wildman–Crippen LogP) is -1.93. The van der Waals surface area contributed by atoms with Crippen molar-refractivity contribution >= 4 is 11.9 Å². The number of carbonyl (C=O) groups is 2. The van der Waals surface area contributed by atoms with E-state index in [1.54, 1.807) is 6.33 Å². The maximum absolute atomic E-state index is 11.9. The Kier molecular flexibility index (Phi) is 4.13. The number of nitrogens with zero attached hydrogens (tertiary/aromatic N) is 1. The fraction of sp³-hybridized carbons (Fsp3) is 0.545. The number of nitrogens with one attached hydrogen (secondary N) is 3. The van der Waals surface area contributed by atoms with Gasteiger partial charge >= 0.3 is 5.97 Å². The Morgan fingerprint density at radius 3 is 3.21 bits per heavy atom. The van der Waals surface area contributed by atoms with Gasteiger partial charge in [0.15, 0.2) is 6.10 Å². The van der Waals surface area contributed by atoms with Gasteiger partial charge in [0, 0.05) is 13.0 Å². The number of hydrogen-bond acceptors (Lipinski definition) is 6. The van der Waals surface area contributed by atoms with E-state index in [2.05, 4.69) is 25.3 Å². The molecule has 0 radical (unpaired) electrons. The number of ether oxygens (including phenoxy) is 1. The zero-order valence-corrected chi connectivity index (χ0v) is 10.5. The molecule has 8 nitrogen and oxygen atoms in total. The van der Waals surface area contributed by atoms with Gasteiger partial charge in [-0.15, -0.1) is 0 Å². The lowest BCUT2D eigenvalue weighted by Gasteiger charge is -2.22. The summed E-state index contributed by atoms with van der Waals surface area (Å²) in [5, 5.41) is 14.9. The number of aromatic nitrogens is 2. The number of methoxy groups -OCH3 is 1. The highest BCUT2D eigenvalue weighted by atomic mass is 16.5. The smallest absolute Gasteiger partial charge is 0.336 e. The van der Waals surface area contributed by atoms with Gasteiger partial charge in [-0.3, -0.25) is 10.1 Å². The van der Waals surface area contributed by atoms with Crippen molar-refractivity contribution in [3.63, 3.8) is 0 Å². The van der Waals surface area contributed by atoms with Crippen LogP contribution >= 0.6 is 0 Å². The molecule has 2 rings (SSSR count). The van der Waals surface area contributed by atoms with Crippen LogP contribution in [0.1, 0.15) is 11.4 Å². The van der Waals surface area contributed by atoms with Gasteiger partial charge in [0.1, 0.15) is 0 Å². The molecule has 104 valence electrons. The van der Waals surface area contributed by atoms with Crippen LogP contribution in [0.15, 0.2) is 6.33 Å². The summed E-state index contributed by atoms with van der Waals surface area (Å²) in [6.07, 6.45) is 0.714. The topological polar surface area (TPSA) is 116 Å². The van der Waals surface area contributed by atoms with Crippen molar-refractivity contribution in [2.75, 3.05) is 13.7 Å². The Morgan fingerprint density at radius 1 is 1.68 bits per heavy atom. The SMILES string of the molecule is COC(=O)C(O)CNC(=O)C1Cc2nc[nH]c2CN1. The third-order valence-electron chi connectivity index (χ3n) is 2.99. The number of aromatic amines is 1. The molecule has 4 N–H and O–H groups in total. The van der Waals surface area contributed by atoms with E-state index in [1.165, 1.54) is 7.11 Å². The molecule has 19 heavy (non-hydrogen) atoms. The lowest BCUT2D eigenvalue weighted by Crippen LogP contribution is -2.50. The summed E-state index contributed by atoms with van der Waals surface area (Å²) in [5.41, 5.74) is 1.83. The van der Waals surface area contributed by atoms with E-state index in [-0.39, 0.29) is 12.5 Å². The molecule has 0 saturated heterocycles. The van der Waals surface area contributed by atoms with Crippen LogP contribution in [0.4, 0.5) is 0 Å². The number of H-pyrrole nitrogens is 1. The van der Waals surface area contributed by atoms with Gasteiger partial charge in [-0.25, -0.2) is 9.78 Å². The second kappa shape index (κ2) is 5.81. The Hall–Kier alpha value is -1.93. The van der Waals surface area contributed by atoms with Gasteiger partial charge in [-0.2, -0.15) is 0 Å². The molecule has 2 unspecified atom stereocenters. The normalized spacial score (nSPS) is 19.4. The summed E-state index contributed by atoms with van der Waals surface area (Å²) in [4.78, 5) is 30.0. The van der Waals surface area contributed by atoms with Gasteiger partial charge in [0.05, 0.1) is 37.4 Å². The molecule has 2 atom stereocenters. The van der Waals surface area contributed by atoms with Crippen LogP contribution in [0, 0.1) is 0 Å². The molecule has 1 aromatic heterocycles. The third kappa shape index (κ3) is 3.09. The molecule has 1 aliphatic rings. The number of rotatable bonds is 4. The minimum absolute atomic E-state index is 0.170. The Labute approximate surface area is 109 Å². The average molecular weight is 268 g/mol. The largest absolute Gasteiger partial charge is 0.467 e. The molecule has 0 fully saturated rings. The lowest BCUT2D eigenvalue weighted by atomic mass is 10.0. The van der Waals surface area contributed by atoms with Crippen molar-refractivity contribution < 1.29 is 19.4 Å². The first-order chi connectivity index (χ1) is 9.11. The third-order valence-corrected chi connectivity index (χ3v) is 2.99. The number of imidazole rings is 1. The van der Waals surface area contributed by atoms with Crippen LogP contribution in [-0.4, -0.2) is 52.8 Å². The molecule has 1 amide bonds. The zero-order chi connectivity index (χ0) is 13.8. The number of aliphatic hydroxyl groups is 1. The quantitative estimate of drug-likeness (QED) is 0.473. The van der Waals surface area contributed by atoms with Crippen LogP contribution in [-0.2, 0) is 27.3 Å². The van der Waals surface area contributed by atoms with Crippen LogP contribution in [0.2, 0.25) is 0 Å². The molecule has 8 heteroatoms. The molecule has 0 spiro atoms. The molecule has 0 aliphatic carbocycles. The monoisotopic (exact) mass is 268 g/mol. The van der Waals surface area contributed by atoms with Crippen LogP contribution in [0.25, 0.3) is 0 Å². The molecule has 0 aromatic carbocycles. The van der Waals surface area contributed by atoms with Crippen LogP contribution < -0.4 is 10.6 Å². The summed E-state index contributed by atoms with van der Waals surface area (Å²) >= 11 is 0. The fourth-order valence-corrected chi connectivity index (χ4v) is 1.89. The zero-order valence-electron chi connectivity index (χ0n) is 10.5. The molecule has 1 aromatic rings. The summed E-state index contributed by atoms with van der Waals surface area (Å²) < 4.78 is 4.36. The van der Waals surface area contributed by atoms with Gasteiger partial charge in [-0.05, 0) is 0 Å². The fourth-order valence-electron chi connectivity index (χ4n) is 1.89. The number of carbonyl (C=O) groups excluding carboxylic acids is 2.